The smallest absolute Gasteiger partial charge is 0.389 e. The van der Waals surface area contributed by atoms with Crippen LogP contribution >= 0.6 is 0 Å². The molecular formula is C11H14O7S2. The van der Waals surface area contributed by atoms with E-state index in [1.54, 1.807) is 30.3 Å². The summed E-state index contributed by atoms with van der Waals surface area (Å²) >= 11 is 0. The van der Waals surface area contributed by atoms with Crippen LogP contribution in [0.5, 0.6) is 0 Å². The Hall–Kier alpha value is -1.00. The van der Waals surface area contributed by atoms with Gasteiger partial charge in [-0.3, -0.25) is 0 Å². The Bertz CT molecular complexity index is 651. The molecule has 20 heavy (non-hydrogen) atoms. The van der Waals surface area contributed by atoms with Crippen molar-refractivity contribution in [3.8, 4) is 0 Å². The number of hydrogen-bond donors (Lipinski definition) is 1. The third-order valence-corrected chi connectivity index (χ3v) is 5.30. The van der Waals surface area contributed by atoms with E-state index in [0.717, 1.165) is 0 Å². The Morgan fingerprint density at radius 1 is 1.20 bits per heavy atom. The molecule has 0 aromatic heterocycles. The zero-order chi connectivity index (χ0) is 14.8. The van der Waals surface area contributed by atoms with Crippen LogP contribution in [0.3, 0.4) is 0 Å². The summed E-state index contributed by atoms with van der Waals surface area (Å²) in [6, 6.07) is 8.56. The van der Waals surface area contributed by atoms with Crippen LogP contribution < -0.4 is 0 Å². The summed E-state index contributed by atoms with van der Waals surface area (Å²) in [6.07, 6.45) is -2.68. The van der Waals surface area contributed by atoms with Crippen molar-refractivity contribution in [2.45, 2.75) is 18.8 Å². The molecule has 0 radical (unpaired) electrons. The average Bonchev–Trinajstić information content (AvgIpc) is 2.60. The normalized spacial score (nSPS) is 25.6. The van der Waals surface area contributed by atoms with Gasteiger partial charge in [0.05, 0.1) is 24.2 Å². The van der Waals surface area contributed by atoms with Gasteiger partial charge in [-0.05, 0) is 5.56 Å². The second-order valence-electron chi connectivity index (χ2n) is 4.43. The van der Waals surface area contributed by atoms with Gasteiger partial charge >= 0.3 is 10.4 Å². The van der Waals surface area contributed by atoms with Crippen molar-refractivity contribution in [2.24, 2.45) is 0 Å². The average molecular weight is 322 g/mol. The highest BCUT2D eigenvalue weighted by Gasteiger charge is 2.40. The second kappa shape index (κ2) is 5.78. The molecule has 0 spiro atoms. The molecule has 1 N–H and O–H groups in total. The lowest BCUT2D eigenvalue weighted by atomic mass is 10.2. The molecule has 2 atom stereocenters. The standard InChI is InChI=1S/C11H14O7S2/c12-10-7-19(13,14)8-11(10)18-20(15,16)17-6-9-4-2-1-3-5-9/h1-5,10-12H,6-8H2/t10-,11+/m1/s1. The second-order valence-corrected chi connectivity index (χ2v) is 7.83. The van der Waals surface area contributed by atoms with E-state index < -0.39 is 43.9 Å². The van der Waals surface area contributed by atoms with Crippen LogP contribution in [0.2, 0.25) is 0 Å². The van der Waals surface area contributed by atoms with Gasteiger partial charge in [-0.15, -0.1) is 0 Å². The van der Waals surface area contributed by atoms with E-state index in [0.29, 0.717) is 5.56 Å². The van der Waals surface area contributed by atoms with E-state index in [9.17, 15) is 21.9 Å². The number of hydrogen-bond acceptors (Lipinski definition) is 7. The monoisotopic (exact) mass is 322 g/mol. The molecule has 112 valence electrons. The van der Waals surface area contributed by atoms with Gasteiger partial charge in [0.2, 0.25) is 0 Å². The molecule has 7 nitrogen and oxygen atoms in total. The third-order valence-electron chi connectivity index (χ3n) is 2.73. The summed E-state index contributed by atoms with van der Waals surface area (Å²) in [4.78, 5) is 0. The van der Waals surface area contributed by atoms with Crippen molar-refractivity contribution in [1.29, 1.82) is 0 Å². The first kappa shape index (κ1) is 15.4. The molecule has 1 aromatic rings. The highest BCUT2D eigenvalue weighted by molar-refractivity contribution is 7.91. The summed E-state index contributed by atoms with van der Waals surface area (Å²) < 4.78 is 54.8. The first-order valence-corrected chi connectivity index (χ1v) is 8.93. The van der Waals surface area contributed by atoms with E-state index in [-0.39, 0.29) is 6.61 Å². The summed E-state index contributed by atoms with van der Waals surface area (Å²) in [7, 11) is -7.85. The number of aliphatic hydroxyl groups excluding tert-OH is 1. The van der Waals surface area contributed by atoms with Crippen LogP contribution in [0.25, 0.3) is 0 Å². The number of rotatable bonds is 5. The fourth-order valence-electron chi connectivity index (χ4n) is 1.78. The Labute approximate surface area is 117 Å². The number of sulfone groups is 1. The van der Waals surface area contributed by atoms with Crippen molar-refractivity contribution in [1.82, 2.24) is 0 Å². The molecule has 1 heterocycles. The topological polar surface area (TPSA) is 107 Å². The minimum Gasteiger partial charge on any atom is -0.389 e. The largest absolute Gasteiger partial charge is 0.400 e. The lowest BCUT2D eigenvalue weighted by Crippen LogP contribution is -2.30. The molecule has 0 amide bonds. The SMILES string of the molecule is O=S1(=O)C[C@@H](O)[C@@H](OS(=O)(=O)OCc2ccccc2)C1. The molecule has 2 rings (SSSR count). The van der Waals surface area contributed by atoms with Gasteiger partial charge in [0.25, 0.3) is 0 Å². The van der Waals surface area contributed by atoms with E-state index >= 15 is 0 Å². The number of aliphatic hydroxyl groups is 1. The maximum atomic E-state index is 11.6. The van der Waals surface area contributed by atoms with E-state index in [1.807, 2.05) is 0 Å². The minimum atomic E-state index is -4.37. The van der Waals surface area contributed by atoms with Gasteiger partial charge in [-0.2, -0.15) is 8.42 Å². The molecule has 0 aliphatic carbocycles. The van der Waals surface area contributed by atoms with E-state index in [4.69, 9.17) is 0 Å². The fourth-order valence-corrected chi connectivity index (χ4v) is 4.37. The van der Waals surface area contributed by atoms with Gasteiger partial charge in [0.15, 0.2) is 9.84 Å². The summed E-state index contributed by atoms with van der Waals surface area (Å²) in [6.45, 7) is -0.223. The van der Waals surface area contributed by atoms with E-state index in [1.165, 1.54) is 0 Å². The van der Waals surface area contributed by atoms with Gasteiger partial charge in [-0.25, -0.2) is 16.8 Å². The molecule has 1 aliphatic rings. The van der Waals surface area contributed by atoms with Crippen LogP contribution in [0.1, 0.15) is 5.56 Å². The molecular weight excluding hydrogens is 308 g/mol. The Balaban J connectivity index is 1.95. The summed E-state index contributed by atoms with van der Waals surface area (Å²) in [5, 5.41) is 9.45. The molecule has 1 aliphatic heterocycles. The van der Waals surface area contributed by atoms with Crippen molar-refractivity contribution in [3.05, 3.63) is 35.9 Å². The first-order chi connectivity index (χ1) is 9.27. The van der Waals surface area contributed by atoms with Crippen molar-refractivity contribution < 1.29 is 30.3 Å². The number of benzene rings is 1. The molecule has 1 saturated heterocycles. The fraction of sp³-hybridized carbons (Fsp3) is 0.455. The van der Waals surface area contributed by atoms with Crippen LogP contribution in [0.15, 0.2) is 30.3 Å². The summed E-state index contributed by atoms with van der Waals surface area (Å²) in [5.41, 5.74) is 0.624. The molecule has 0 unspecified atom stereocenters. The predicted octanol–water partition coefficient (Wildman–Crippen LogP) is -0.378. The quantitative estimate of drug-likeness (QED) is 0.787. The molecule has 0 saturated carbocycles. The molecule has 1 aromatic carbocycles. The van der Waals surface area contributed by atoms with E-state index in [2.05, 4.69) is 8.37 Å². The Kier molecular flexibility index (Phi) is 4.45. The first-order valence-electron chi connectivity index (χ1n) is 5.77. The Morgan fingerprint density at radius 2 is 1.85 bits per heavy atom. The van der Waals surface area contributed by atoms with Crippen LogP contribution in [-0.4, -0.2) is 45.7 Å². The maximum Gasteiger partial charge on any atom is 0.400 e. The van der Waals surface area contributed by atoms with Gasteiger partial charge in [0.1, 0.15) is 6.10 Å². The lowest BCUT2D eigenvalue weighted by molar-refractivity contribution is 0.0620. The highest BCUT2D eigenvalue weighted by atomic mass is 32.3. The van der Waals surface area contributed by atoms with Gasteiger partial charge in [-0.1, -0.05) is 30.3 Å². The minimum absolute atomic E-state index is 0.223. The molecule has 0 bridgehead atoms. The van der Waals surface area contributed by atoms with Crippen LogP contribution in [-0.2, 0) is 35.2 Å². The van der Waals surface area contributed by atoms with Crippen LogP contribution in [0.4, 0.5) is 0 Å². The molecule has 1 fully saturated rings. The highest BCUT2D eigenvalue weighted by Crippen LogP contribution is 2.19. The Morgan fingerprint density at radius 3 is 2.40 bits per heavy atom. The zero-order valence-corrected chi connectivity index (χ0v) is 12.0. The van der Waals surface area contributed by atoms with Crippen molar-refractivity contribution in [2.75, 3.05) is 11.5 Å². The van der Waals surface area contributed by atoms with Crippen molar-refractivity contribution >= 4 is 20.2 Å². The maximum absolute atomic E-state index is 11.6. The van der Waals surface area contributed by atoms with Crippen molar-refractivity contribution in [3.63, 3.8) is 0 Å². The predicted molar refractivity (Wildman–Crippen MR) is 69.7 cm³/mol. The molecule has 9 heteroatoms. The summed E-state index contributed by atoms with van der Waals surface area (Å²) in [5.74, 6) is -1.05. The zero-order valence-electron chi connectivity index (χ0n) is 10.4. The van der Waals surface area contributed by atoms with Crippen LogP contribution in [0, 0.1) is 0 Å². The lowest BCUT2D eigenvalue weighted by Gasteiger charge is -2.13. The van der Waals surface area contributed by atoms with Gasteiger partial charge < -0.3 is 5.11 Å². The third kappa shape index (κ3) is 4.25. The van der Waals surface area contributed by atoms with Gasteiger partial charge in [0, 0.05) is 0 Å².